The zero-order valence-corrected chi connectivity index (χ0v) is 18.1. The van der Waals surface area contributed by atoms with Crippen LogP contribution in [-0.4, -0.2) is 23.5 Å². The van der Waals surface area contributed by atoms with Crippen LogP contribution in [0.15, 0.2) is 59.5 Å². The zero-order valence-electron chi connectivity index (χ0n) is 15.8. The van der Waals surface area contributed by atoms with Gasteiger partial charge in [0.2, 0.25) is 17.7 Å². The third kappa shape index (κ3) is 4.26. The van der Waals surface area contributed by atoms with Crippen molar-refractivity contribution in [2.45, 2.75) is 17.7 Å². The quantitative estimate of drug-likeness (QED) is 0.379. The highest BCUT2D eigenvalue weighted by Gasteiger charge is 2.47. The number of amides is 3. The number of rotatable bonds is 5. The minimum absolute atomic E-state index is 0.132. The first-order valence-corrected chi connectivity index (χ1v) is 11.2. The zero-order chi connectivity index (χ0) is 21.3. The van der Waals surface area contributed by atoms with Crippen LogP contribution in [0.25, 0.3) is 0 Å². The molecule has 0 bridgehead atoms. The SMILES string of the molecule is O=C(CSc1ccc(N2C(=O)C3CC=CCC3C2=O)cc1)Nc1cc(Cl)ccc1Cl. The Labute approximate surface area is 188 Å². The lowest BCUT2D eigenvalue weighted by Crippen LogP contribution is -2.30. The van der Waals surface area contributed by atoms with Crippen LogP contribution in [0.3, 0.4) is 0 Å². The van der Waals surface area contributed by atoms with Crippen LogP contribution >= 0.6 is 35.0 Å². The van der Waals surface area contributed by atoms with E-state index in [1.807, 2.05) is 12.2 Å². The van der Waals surface area contributed by atoms with Crippen LogP contribution in [0.2, 0.25) is 10.0 Å². The van der Waals surface area contributed by atoms with E-state index in [0.29, 0.717) is 34.3 Å². The molecule has 1 saturated heterocycles. The Morgan fingerprint density at radius 1 is 1.00 bits per heavy atom. The number of thioether (sulfide) groups is 1. The van der Waals surface area contributed by atoms with Gasteiger partial charge in [0.05, 0.1) is 34.0 Å². The highest BCUT2D eigenvalue weighted by atomic mass is 35.5. The average molecular weight is 461 g/mol. The number of anilines is 2. The Morgan fingerprint density at radius 3 is 2.27 bits per heavy atom. The normalized spacial score (nSPS) is 20.4. The number of halogens is 2. The molecule has 1 aliphatic carbocycles. The van der Waals surface area contributed by atoms with E-state index in [0.717, 1.165) is 4.90 Å². The maximum absolute atomic E-state index is 12.7. The Morgan fingerprint density at radius 2 is 1.63 bits per heavy atom. The van der Waals surface area contributed by atoms with Gasteiger partial charge in [0.25, 0.3) is 0 Å². The summed E-state index contributed by atoms with van der Waals surface area (Å²) in [6.45, 7) is 0. The topological polar surface area (TPSA) is 66.5 Å². The molecule has 8 heteroatoms. The fraction of sp³-hybridized carbons (Fsp3) is 0.227. The Bertz CT molecular complexity index is 1010. The smallest absolute Gasteiger partial charge is 0.238 e. The summed E-state index contributed by atoms with van der Waals surface area (Å²) in [7, 11) is 0. The summed E-state index contributed by atoms with van der Waals surface area (Å²) in [5.41, 5.74) is 1.03. The highest BCUT2D eigenvalue weighted by Crippen LogP contribution is 2.38. The fourth-order valence-electron chi connectivity index (χ4n) is 3.67. The summed E-state index contributed by atoms with van der Waals surface area (Å²) in [5, 5.41) is 3.64. The van der Waals surface area contributed by atoms with Crippen LogP contribution < -0.4 is 10.2 Å². The maximum atomic E-state index is 12.7. The first-order valence-electron chi connectivity index (χ1n) is 9.44. The van der Waals surface area contributed by atoms with Gasteiger partial charge in [-0.15, -0.1) is 11.8 Å². The number of benzene rings is 2. The molecule has 2 aliphatic rings. The van der Waals surface area contributed by atoms with Gasteiger partial charge in [-0.05, 0) is 55.3 Å². The molecule has 1 aliphatic heterocycles. The molecule has 2 unspecified atom stereocenters. The van der Waals surface area contributed by atoms with Gasteiger partial charge in [0, 0.05) is 9.92 Å². The molecule has 0 radical (unpaired) electrons. The summed E-state index contributed by atoms with van der Waals surface area (Å²) in [5.74, 6) is -0.800. The lowest BCUT2D eigenvalue weighted by Gasteiger charge is -2.15. The molecule has 2 aromatic rings. The van der Waals surface area contributed by atoms with Crippen LogP contribution in [0.5, 0.6) is 0 Å². The number of imide groups is 1. The number of carbonyl (C=O) groups is 3. The molecular weight excluding hydrogens is 443 g/mol. The van der Waals surface area contributed by atoms with Crippen molar-refractivity contribution in [2.24, 2.45) is 11.8 Å². The van der Waals surface area contributed by atoms with Crippen molar-refractivity contribution >= 4 is 64.1 Å². The molecule has 1 N–H and O–H groups in total. The van der Waals surface area contributed by atoms with Crippen molar-refractivity contribution in [2.75, 3.05) is 16.0 Å². The number of nitrogens with one attached hydrogen (secondary N) is 1. The van der Waals surface area contributed by atoms with Crippen LogP contribution in [0, 0.1) is 11.8 Å². The van der Waals surface area contributed by atoms with Gasteiger partial charge in [-0.1, -0.05) is 35.4 Å². The van der Waals surface area contributed by atoms with E-state index in [-0.39, 0.29) is 35.3 Å². The monoisotopic (exact) mass is 460 g/mol. The van der Waals surface area contributed by atoms with Gasteiger partial charge >= 0.3 is 0 Å². The van der Waals surface area contributed by atoms with Gasteiger partial charge in [-0.3, -0.25) is 19.3 Å². The first kappa shape index (κ1) is 21.0. The molecule has 0 saturated carbocycles. The van der Waals surface area contributed by atoms with E-state index in [4.69, 9.17) is 23.2 Å². The van der Waals surface area contributed by atoms with Crippen molar-refractivity contribution in [3.05, 3.63) is 64.7 Å². The number of nitrogens with zero attached hydrogens (tertiary/aromatic N) is 1. The number of fused-ring (bicyclic) bond motifs is 1. The van der Waals surface area contributed by atoms with Gasteiger partial charge in [0.1, 0.15) is 0 Å². The van der Waals surface area contributed by atoms with E-state index < -0.39 is 0 Å². The summed E-state index contributed by atoms with van der Waals surface area (Å²) < 4.78 is 0. The number of carbonyl (C=O) groups excluding carboxylic acids is 3. The molecule has 0 aromatic heterocycles. The standard InChI is InChI=1S/C22H18Cl2N2O3S/c23-13-5-10-18(24)19(11-13)25-20(27)12-30-15-8-6-14(7-9-15)26-21(28)16-3-1-2-4-17(16)22(26)29/h1-2,5-11,16-17H,3-4,12H2,(H,25,27). The summed E-state index contributed by atoms with van der Waals surface area (Å²) in [6, 6.07) is 12.0. The summed E-state index contributed by atoms with van der Waals surface area (Å²) >= 11 is 13.3. The second kappa shape index (κ2) is 8.84. The lowest BCUT2D eigenvalue weighted by atomic mass is 9.85. The molecular formula is C22H18Cl2N2O3S. The summed E-state index contributed by atoms with van der Waals surface area (Å²) in [6.07, 6.45) is 5.17. The first-order chi connectivity index (χ1) is 14.4. The predicted octanol–water partition coefficient (Wildman–Crippen LogP) is 5.18. The predicted molar refractivity (Wildman–Crippen MR) is 120 cm³/mol. The van der Waals surface area contributed by atoms with Crippen molar-refractivity contribution in [1.29, 1.82) is 0 Å². The van der Waals surface area contributed by atoms with E-state index in [1.165, 1.54) is 16.7 Å². The van der Waals surface area contributed by atoms with Crippen LogP contribution in [0.1, 0.15) is 12.8 Å². The van der Waals surface area contributed by atoms with E-state index in [1.54, 1.807) is 42.5 Å². The van der Waals surface area contributed by atoms with Gasteiger partial charge in [-0.2, -0.15) is 0 Å². The minimum Gasteiger partial charge on any atom is -0.324 e. The maximum Gasteiger partial charge on any atom is 0.238 e. The number of hydrogen-bond acceptors (Lipinski definition) is 4. The number of allylic oxidation sites excluding steroid dienone is 2. The van der Waals surface area contributed by atoms with Gasteiger partial charge in [0.15, 0.2) is 0 Å². The van der Waals surface area contributed by atoms with Crippen LogP contribution in [-0.2, 0) is 14.4 Å². The van der Waals surface area contributed by atoms with Crippen molar-refractivity contribution in [1.82, 2.24) is 0 Å². The lowest BCUT2D eigenvalue weighted by molar-refractivity contribution is -0.122. The molecule has 2 aromatic carbocycles. The van der Waals surface area contributed by atoms with E-state index in [2.05, 4.69) is 5.32 Å². The largest absolute Gasteiger partial charge is 0.324 e. The third-order valence-electron chi connectivity index (χ3n) is 5.17. The van der Waals surface area contributed by atoms with Crippen LogP contribution in [0.4, 0.5) is 11.4 Å². The molecule has 0 spiro atoms. The Balaban J connectivity index is 1.37. The van der Waals surface area contributed by atoms with E-state index >= 15 is 0 Å². The van der Waals surface area contributed by atoms with Crippen molar-refractivity contribution in [3.8, 4) is 0 Å². The fourth-order valence-corrected chi connectivity index (χ4v) is 4.71. The molecule has 30 heavy (non-hydrogen) atoms. The molecule has 154 valence electrons. The van der Waals surface area contributed by atoms with Crippen molar-refractivity contribution in [3.63, 3.8) is 0 Å². The van der Waals surface area contributed by atoms with Gasteiger partial charge in [-0.25, -0.2) is 0 Å². The molecule has 1 fully saturated rings. The van der Waals surface area contributed by atoms with E-state index in [9.17, 15) is 14.4 Å². The second-order valence-corrected chi connectivity index (χ2v) is 9.01. The molecule has 1 heterocycles. The highest BCUT2D eigenvalue weighted by molar-refractivity contribution is 8.00. The Hall–Kier alpha value is -2.28. The molecule has 5 nitrogen and oxygen atoms in total. The molecule has 2 atom stereocenters. The Kier molecular flexibility index (Phi) is 6.18. The average Bonchev–Trinajstić information content (AvgIpc) is 3.00. The molecule has 3 amide bonds. The molecule has 4 rings (SSSR count). The van der Waals surface area contributed by atoms with Crippen molar-refractivity contribution < 1.29 is 14.4 Å². The van der Waals surface area contributed by atoms with Gasteiger partial charge < -0.3 is 5.32 Å². The minimum atomic E-state index is -0.251. The third-order valence-corrected chi connectivity index (χ3v) is 6.75. The second-order valence-electron chi connectivity index (χ2n) is 7.12. The number of hydrogen-bond donors (Lipinski definition) is 1. The summed E-state index contributed by atoms with van der Waals surface area (Å²) in [4.78, 5) is 39.7.